The summed E-state index contributed by atoms with van der Waals surface area (Å²) in [5, 5.41) is 5.99. The molecule has 1 fully saturated rings. The van der Waals surface area contributed by atoms with Crippen LogP contribution >= 0.6 is 0 Å². The number of rotatable bonds is 9. The molecule has 5 heteroatoms. The Balaban J connectivity index is 1.56. The fraction of sp³-hybridized carbons (Fsp3) is 0.481. The Labute approximate surface area is 192 Å². The second-order valence-corrected chi connectivity index (χ2v) is 9.40. The fourth-order valence-corrected chi connectivity index (χ4v) is 4.18. The minimum atomic E-state index is -0.554. The van der Waals surface area contributed by atoms with Crippen LogP contribution in [0.5, 0.6) is 0 Å². The molecule has 3 rings (SSSR count). The first kappa shape index (κ1) is 24.0. The molecular weight excluding hydrogens is 398 g/mol. The van der Waals surface area contributed by atoms with E-state index in [0.717, 1.165) is 36.7 Å². The molecule has 0 aromatic heterocycles. The highest BCUT2D eigenvalue weighted by atomic mass is 16.2. The maximum absolute atomic E-state index is 12.9. The van der Waals surface area contributed by atoms with Gasteiger partial charge in [0.2, 0.25) is 11.8 Å². The maximum Gasteiger partial charge on any atom is 0.243 e. The first-order valence-corrected chi connectivity index (χ1v) is 11.8. The van der Waals surface area contributed by atoms with Crippen LogP contribution in [0, 0.1) is 11.8 Å². The highest BCUT2D eigenvalue weighted by Gasteiger charge is 2.24. The molecule has 0 aliphatic carbocycles. The second-order valence-electron chi connectivity index (χ2n) is 9.40. The Kier molecular flexibility index (Phi) is 8.86. The van der Waals surface area contributed by atoms with Crippen LogP contribution in [0.3, 0.4) is 0 Å². The number of piperidine rings is 1. The molecule has 0 radical (unpaired) electrons. The van der Waals surface area contributed by atoms with Crippen molar-refractivity contribution in [2.24, 2.45) is 11.8 Å². The summed E-state index contributed by atoms with van der Waals surface area (Å²) < 4.78 is 0. The lowest BCUT2D eigenvalue weighted by Crippen LogP contribution is -2.50. The van der Waals surface area contributed by atoms with E-state index in [1.807, 2.05) is 50.2 Å². The van der Waals surface area contributed by atoms with Crippen LogP contribution in [0.2, 0.25) is 0 Å². The summed E-state index contributed by atoms with van der Waals surface area (Å²) >= 11 is 0. The standard InChI is InChI=1S/C27H37N3O2/c1-20(2)26(29-25(31)17-22-9-5-4-6-10-22)27(32)28-18-23-11-7-8-12-24(23)19-30-15-13-21(3)14-16-30/h4-12,20-21,26H,13-19H2,1-3H3,(H,28,32)(H,29,31). The summed E-state index contributed by atoms with van der Waals surface area (Å²) in [4.78, 5) is 28.0. The summed E-state index contributed by atoms with van der Waals surface area (Å²) in [6.45, 7) is 9.88. The van der Waals surface area contributed by atoms with E-state index >= 15 is 0 Å². The van der Waals surface area contributed by atoms with E-state index < -0.39 is 6.04 Å². The minimum Gasteiger partial charge on any atom is -0.350 e. The molecule has 172 valence electrons. The smallest absolute Gasteiger partial charge is 0.243 e. The zero-order chi connectivity index (χ0) is 22.9. The summed E-state index contributed by atoms with van der Waals surface area (Å²) in [6.07, 6.45) is 2.77. The average Bonchev–Trinajstić information content (AvgIpc) is 2.78. The number of amides is 2. The van der Waals surface area contributed by atoms with Gasteiger partial charge in [-0.1, -0.05) is 75.4 Å². The Morgan fingerprint density at radius 3 is 2.25 bits per heavy atom. The van der Waals surface area contributed by atoms with Crippen molar-refractivity contribution >= 4 is 11.8 Å². The molecule has 0 spiro atoms. The van der Waals surface area contributed by atoms with E-state index in [1.54, 1.807) is 0 Å². The van der Waals surface area contributed by atoms with Crippen molar-refractivity contribution in [3.8, 4) is 0 Å². The molecule has 1 heterocycles. The van der Waals surface area contributed by atoms with Crippen LogP contribution in [0.25, 0.3) is 0 Å². The largest absolute Gasteiger partial charge is 0.350 e. The van der Waals surface area contributed by atoms with Gasteiger partial charge in [-0.25, -0.2) is 0 Å². The van der Waals surface area contributed by atoms with E-state index in [0.29, 0.717) is 6.54 Å². The molecule has 2 N–H and O–H groups in total. The lowest BCUT2D eigenvalue weighted by atomic mass is 9.98. The second kappa shape index (κ2) is 11.8. The fourth-order valence-electron chi connectivity index (χ4n) is 4.18. The number of benzene rings is 2. The SMILES string of the molecule is CC1CCN(Cc2ccccc2CNC(=O)C(NC(=O)Cc2ccccc2)C(C)C)CC1. The summed E-state index contributed by atoms with van der Waals surface area (Å²) in [7, 11) is 0. The van der Waals surface area contributed by atoms with E-state index in [4.69, 9.17) is 0 Å². The average molecular weight is 436 g/mol. The molecule has 1 unspecified atom stereocenters. The van der Waals surface area contributed by atoms with Crippen molar-refractivity contribution in [3.05, 3.63) is 71.3 Å². The predicted octanol–water partition coefficient (Wildman–Crippen LogP) is 3.92. The van der Waals surface area contributed by atoms with Gasteiger partial charge in [0.1, 0.15) is 6.04 Å². The van der Waals surface area contributed by atoms with Gasteiger partial charge in [-0.05, 0) is 54.5 Å². The van der Waals surface area contributed by atoms with Crippen LogP contribution < -0.4 is 10.6 Å². The Hall–Kier alpha value is -2.66. The lowest BCUT2D eigenvalue weighted by molar-refractivity contribution is -0.129. The van der Waals surface area contributed by atoms with Gasteiger partial charge in [0.15, 0.2) is 0 Å². The van der Waals surface area contributed by atoms with Gasteiger partial charge in [0.05, 0.1) is 6.42 Å². The Morgan fingerprint density at radius 2 is 1.59 bits per heavy atom. The third-order valence-electron chi connectivity index (χ3n) is 6.31. The van der Waals surface area contributed by atoms with Gasteiger partial charge in [0.25, 0.3) is 0 Å². The lowest BCUT2D eigenvalue weighted by Gasteiger charge is -2.30. The van der Waals surface area contributed by atoms with E-state index in [-0.39, 0.29) is 24.2 Å². The monoisotopic (exact) mass is 435 g/mol. The third-order valence-corrected chi connectivity index (χ3v) is 6.31. The Morgan fingerprint density at radius 1 is 0.969 bits per heavy atom. The number of likely N-dealkylation sites (tertiary alicyclic amines) is 1. The highest BCUT2D eigenvalue weighted by Crippen LogP contribution is 2.19. The molecule has 1 atom stereocenters. The van der Waals surface area contributed by atoms with Crippen molar-refractivity contribution in [2.75, 3.05) is 13.1 Å². The number of hydrogen-bond acceptors (Lipinski definition) is 3. The van der Waals surface area contributed by atoms with Crippen LogP contribution in [-0.4, -0.2) is 35.8 Å². The van der Waals surface area contributed by atoms with Crippen molar-refractivity contribution in [1.29, 1.82) is 0 Å². The van der Waals surface area contributed by atoms with Crippen LogP contribution in [0.4, 0.5) is 0 Å². The van der Waals surface area contributed by atoms with Gasteiger partial charge in [-0.15, -0.1) is 0 Å². The van der Waals surface area contributed by atoms with Gasteiger partial charge in [-0.3, -0.25) is 14.5 Å². The van der Waals surface area contributed by atoms with Crippen LogP contribution in [0.15, 0.2) is 54.6 Å². The van der Waals surface area contributed by atoms with Crippen molar-refractivity contribution in [2.45, 2.75) is 59.2 Å². The van der Waals surface area contributed by atoms with Gasteiger partial charge in [0, 0.05) is 13.1 Å². The normalized spacial score (nSPS) is 16.0. The third kappa shape index (κ3) is 7.20. The molecule has 0 saturated carbocycles. The van der Waals surface area contributed by atoms with Gasteiger partial charge >= 0.3 is 0 Å². The highest BCUT2D eigenvalue weighted by molar-refractivity contribution is 5.88. The zero-order valence-corrected chi connectivity index (χ0v) is 19.6. The van der Waals surface area contributed by atoms with E-state index in [9.17, 15) is 9.59 Å². The molecule has 32 heavy (non-hydrogen) atoms. The first-order valence-electron chi connectivity index (χ1n) is 11.8. The van der Waals surface area contributed by atoms with Gasteiger partial charge in [-0.2, -0.15) is 0 Å². The van der Waals surface area contributed by atoms with Crippen molar-refractivity contribution in [1.82, 2.24) is 15.5 Å². The maximum atomic E-state index is 12.9. The summed E-state index contributed by atoms with van der Waals surface area (Å²) in [5.74, 6) is 0.541. The van der Waals surface area contributed by atoms with Crippen molar-refractivity contribution < 1.29 is 9.59 Å². The van der Waals surface area contributed by atoms with Crippen LogP contribution in [-0.2, 0) is 29.1 Å². The summed E-state index contributed by atoms with van der Waals surface area (Å²) in [5.41, 5.74) is 3.34. The summed E-state index contributed by atoms with van der Waals surface area (Å²) in [6, 6.07) is 17.4. The number of hydrogen-bond donors (Lipinski definition) is 2. The molecule has 0 bridgehead atoms. The molecule has 2 amide bonds. The number of carbonyl (C=O) groups excluding carboxylic acids is 2. The molecule has 1 aliphatic heterocycles. The molecule has 1 saturated heterocycles. The van der Waals surface area contributed by atoms with Crippen molar-refractivity contribution in [3.63, 3.8) is 0 Å². The molecule has 2 aromatic rings. The molecular formula is C27H37N3O2. The van der Waals surface area contributed by atoms with E-state index in [1.165, 1.54) is 18.4 Å². The quantitative estimate of drug-likeness (QED) is 0.628. The first-order chi connectivity index (χ1) is 15.4. The number of carbonyl (C=O) groups is 2. The molecule has 1 aliphatic rings. The number of nitrogens with zero attached hydrogens (tertiary/aromatic N) is 1. The van der Waals surface area contributed by atoms with Crippen LogP contribution in [0.1, 0.15) is 50.3 Å². The van der Waals surface area contributed by atoms with E-state index in [2.05, 4.69) is 40.7 Å². The van der Waals surface area contributed by atoms with Gasteiger partial charge < -0.3 is 10.6 Å². The Bertz CT molecular complexity index is 873. The zero-order valence-electron chi connectivity index (χ0n) is 19.6. The number of nitrogens with one attached hydrogen (secondary N) is 2. The molecule has 5 nitrogen and oxygen atoms in total. The molecule has 2 aromatic carbocycles. The minimum absolute atomic E-state index is 0.000284. The predicted molar refractivity (Wildman–Crippen MR) is 129 cm³/mol. The topological polar surface area (TPSA) is 61.4 Å².